The van der Waals surface area contributed by atoms with Gasteiger partial charge in [-0.1, -0.05) is 0 Å². The highest BCUT2D eigenvalue weighted by Crippen LogP contribution is 2.11. The molecule has 1 fully saturated rings. The van der Waals surface area contributed by atoms with Gasteiger partial charge in [-0.15, -0.1) is 0 Å². The molecular weight excluding hydrogens is 216 g/mol. The predicted octanol–water partition coefficient (Wildman–Crippen LogP) is -0.665. The lowest BCUT2D eigenvalue weighted by Crippen LogP contribution is -2.41. The molecule has 15 heavy (non-hydrogen) atoms. The first-order valence-electron chi connectivity index (χ1n) is 5.27. The molecular formula is C9H20N2O3S. The van der Waals surface area contributed by atoms with Gasteiger partial charge in [0, 0.05) is 19.6 Å². The molecule has 0 aromatic carbocycles. The lowest BCUT2D eigenvalue weighted by Gasteiger charge is -2.23. The van der Waals surface area contributed by atoms with Crippen molar-refractivity contribution in [1.29, 1.82) is 0 Å². The minimum absolute atomic E-state index is 0.311. The number of rotatable bonds is 3. The first kappa shape index (κ1) is 12.9. The molecule has 6 heteroatoms. The van der Waals surface area contributed by atoms with Crippen LogP contribution in [0.4, 0.5) is 0 Å². The molecule has 0 bridgehead atoms. The molecule has 1 unspecified atom stereocenters. The van der Waals surface area contributed by atoms with Crippen LogP contribution in [0.5, 0.6) is 0 Å². The molecule has 1 N–H and O–H groups in total. The van der Waals surface area contributed by atoms with Crippen LogP contribution < -0.4 is 0 Å². The van der Waals surface area contributed by atoms with Crippen molar-refractivity contribution in [2.75, 3.05) is 39.8 Å². The van der Waals surface area contributed by atoms with Crippen molar-refractivity contribution in [1.82, 2.24) is 9.21 Å². The Labute approximate surface area is 91.7 Å². The Hall–Kier alpha value is -0.170. The molecule has 1 aliphatic heterocycles. The van der Waals surface area contributed by atoms with E-state index in [9.17, 15) is 8.42 Å². The van der Waals surface area contributed by atoms with Crippen molar-refractivity contribution in [3.8, 4) is 0 Å². The molecule has 0 saturated carbocycles. The Bertz CT molecular complexity index is 292. The Kier molecular flexibility index (Phi) is 4.51. The lowest BCUT2D eigenvalue weighted by molar-refractivity contribution is 0.288. The zero-order valence-corrected chi connectivity index (χ0v) is 10.2. The quantitative estimate of drug-likeness (QED) is 0.706. The molecule has 1 rings (SSSR count). The first-order valence-corrected chi connectivity index (χ1v) is 6.77. The van der Waals surface area contributed by atoms with E-state index in [1.54, 1.807) is 6.92 Å². The van der Waals surface area contributed by atoms with Crippen LogP contribution in [0.2, 0.25) is 0 Å². The fraction of sp³-hybridized carbons (Fsp3) is 1.00. The summed E-state index contributed by atoms with van der Waals surface area (Å²) in [6.07, 6.45) is 0.855. The summed E-state index contributed by atoms with van der Waals surface area (Å²) in [4.78, 5) is 2.12. The van der Waals surface area contributed by atoms with Crippen LogP contribution in [0.15, 0.2) is 0 Å². The molecule has 0 aliphatic carbocycles. The van der Waals surface area contributed by atoms with Gasteiger partial charge in [0.1, 0.15) is 0 Å². The highest BCUT2D eigenvalue weighted by Gasteiger charge is 2.29. The molecule has 90 valence electrons. The smallest absolute Gasteiger partial charge is 0.219 e. The van der Waals surface area contributed by atoms with Crippen LogP contribution in [-0.2, 0) is 10.0 Å². The predicted molar refractivity (Wildman–Crippen MR) is 59.2 cm³/mol. The maximum absolute atomic E-state index is 11.9. The standard InChI is InChI=1S/C9H20N2O3S/c1-9(8-12)15(13,14)11-5-3-4-10(2)6-7-11/h9,12H,3-8H2,1-2H3. The van der Waals surface area contributed by atoms with Crippen molar-refractivity contribution in [3.05, 3.63) is 0 Å². The van der Waals surface area contributed by atoms with Crippen molar-refractivity contribution >= 4 is 10.0 Å². The van der Waals surface area contributed by atoms with E-state index in [1.165, 1.54) is 4.31 Å². The zero-order chi connectivity index (χ0) is 11.5. The maximum Gasteiger partial charge on any atom is 0.219 e. The minimum Gasteiger partial charge on any atom is -0.395 e. The molecule has 1 atom stereocenters. The van der Waals surface area contributed by atoms with Gasteiger partial charge in [0.05, 0.1) is 11.9 Å². The molecule has 1 saturated heterocycles. The number of nitrogens with zero attached hydrogens (tertiary/aromatic N) is 2. The van der Waals surface area contributed by atoms with E-state index in [4.69, 9.17) is 5.11 Å². The van der Waals surface area contributed by atoms with Crippen LogP contribution in [-0.4, -0.2) is 67.8 Å². The van der Waals surface area contributed by atoms with Gasteiger partial charge in [0.2, 0.25) is 10.0 Å². The number of aliphatic hydroxyl groups excluding tert-OH is 1. The summed E-state index contributed by atoms with van der Waals surface area (Å²) >= 11 is 0. The van der Waals surface area contributed by atoms with Gasteiger partial charge < -0.3 is 10.0 Å². The van der Waals surface area contributed by atoms with E-state index >= 15 is 0 Å². The Morgan fingerprint density at radius 2 is 1.93 bits per heavy atom. The summed E-state index contributed by atoms with van der Waals surface area (Å²) in [5, 5.41) is 8.21. The Morgan fingerprint density at radius 1 is 1.27 bits per heavy atom. The van der Waals surface area contributed by atoms with Crippen LogP contribution in [0.25, 0.3) is 0 Å². The fourth-order valence-corrected chi connectivity index (χ4v) is 3.04. The summed E-state index contributed by atoms with van der Waals surface area (Å²) < 4.78 is 25.3. The van der Waals surface area contributed by atoms with Crippen LogP contribution in [0.1, 0.15) is 13.3 Å². The normalized spacial score (nSPS) is 23.7. The molecule has 0 radical (unpaired) electrons. The van der Waals surface area contributed by atoms with E-state index < -0.39 is 15.3 Å². The van der Waals surface area contributed by atoms with Gasteiger partial charge in [0.15, 0.2) is 0 Å². The summed E-state index contributed by atoms with van der Waals surface area (Å²) in [6.45, 7) is 4.02. The Morgan fingerprint density at radius 3 is 2.53 bits per heavy atom. The van der Waals surface area contributed by atoms with Crippen molar-refractivity contribution in [2.24, 2.45) is 0 Å². The highest BCUT2D eigenvalue weighted by atomic mass is 32.2. The minimum atomic E-state index is -3.30. The third-order valence-electron chi connectivity index (χ3n) is 2.80. The van der Waals surface area contributed by atoms with E-state index in [1.807, 2.05) is 7.05 Å². The summed E-state index contributed by atoms with van der Waals surface area (Å²) in [5.41, 5.74) is 0. The molecule has 1 heterocycles. The molecule has 0 aromatic heterocycles. The van der Waals surface area contributed by atoms with Gasteiger partial charge in [-0.25, -0.2) is 12.7 Å². The van der Waals surface area contributed by atoms with Crippen LogP contribution >= 0.6 is 0 Å². The summed E-state index contributed by atoms with van der Waals surface area (Å²) in [6, 6.07) is 0. The average molecular weight is 236 g/mol. The SMILES string of the molecule is CC(CO)S(=O)(=O)N1CCCN(C)CC1. The maximum atomic E-state index is 11.9. The molecule has 0 aromatic rings. The Balaban J connectivity index is 2.70. The number of sulfonamides is 1. The largest absolute Gasteiger partial charge is 0.395 e. The van der Waals surface area contributed by atoms with E-state index in [0.717, 1.165) is 19.5 Å². The number of likely N-dealkylation sites (N-methyl/N-ethyl adjacent to an activating group) is 1. The first-order chi connectivity index (χ1) is 6.98. The fourth-order valence-electron chi connectivity index (χ4n) is 1.63. The van der Waals surface area contributed by atoms with Crippen molar-refractivity contribution in [3.63, 3.8) is 0 Å². The van der Waals surface area contributed by atoms with Crippen LogP contribution in [0, 0.1) is 0 Å². The average Bonchev–Trinajstić information content (AvgIpc) is 2.41. The number of hydrogen-bond acceptors (Lipinski definition) is 4. The third kappa shape index (κ3) is 3.14. The number of hydrogen-bond donors (Lipinski definition) is 1. The highest BCUT2D eigenvalue weighted by molar-refractivity contribution is 7.89. The van der Waals surface area contributed by atoms with Crippen LogP contribution in [0.3, 0.4) is 0 Å². The second kappa shape index (κ2) is 5.25. The van der Waals surface area contributed by atoms with Crippen molar-refractivity contribution in [2.45, 2.75) is 18.6 Å². The molecule has 5 nitrogen and oxygen atoms in total. The van der Waals surface area contributed by atoms with Gasteiger partial charge in [-0.05, 0) is 26.9 Å². The topological polar surface area (TPSA) is 60.9 Å². The third-order valence-corrected chi connectivity index (χ3v) is 5.05. The molecule has 1 aliphatic rings. The van der Waals surface area contributed by atoms with E-state index in [0.29, 0.717) is 13.1 Å². The zero-order valence-electron chi connectivity index (χ0n) is 9.39. The van der Waals surface area contributed by atoms with Gasteiger partial charge in [-0.2, -0.15) is 0 Å². The number of aliphatic hydroxyl groups is 1. The van der Waals surface area contributed by atoms with E-state index in [-0.39, 0.29) is 6.61 Å². The second-order valence-corrected chi connectivity index (χ2v) is 6.45. The van der Waals surface area contributed by atoms with Gasteiger partial charge >= 0.3 is 0 Å². The molecule has 0 amide bonds. The van der Waals surface area contributed by atoms with Gasteiger partial charge in [-0.3, -0.25) is 0 Å². The molecule has 0 spiro atoms. The monoisotopic (exact) mass is 236 g/mol. The summed E-state index contributed by atoms with van der Waals surface area (Å²) in [5.74, 6) is 0. The van der Waals surface area contributed by atoms with E-state index in [2.05, 4.69) is 4.90 Å². The van der Waals surface area contributed by atoms with Crippen molar-refractivity contribution < 1.29 is 13.5 Å². The van der Waals surface area contributed by atoms with Gasteiger partial charge in [0.25, 0.3) is 0 Å². The second-order valence-electron chi connectivity index (χ2n) is 4.09. The lowest BCUT2D eigenvalue weighted by atomic mass is 10.4. The summed E-state index contributed by atoms with van der Waals surface area (Å²) in [7, 11) is -1.31.